The second kappa shape index (κ2) is 8.43. The van der Waals surface area contributed by atoms with Crippen LogP contribution in [0.4, 0.5) is 5.69 Å². The van der Waals surface area contributed by atoms with Gasteiger partial charge in [0.15, 0.2) is 11.5 Å². The summed E-state index contributed by atoms with van der Waals surface area (Å²) in [5, 5.41) is 11.3. The summed E-state index contributed by atoms with van der Waals surface area (Å²) in [6, 6.07) is 11.5. The zero-order chi connectivity index (χ0) is 18.4. The van der Waals surface area contributed by atoms with E-state index in [1.54, 1.807) is 39.3 Å². The molecule has 25 heavy (non-hydrogen) atoms. The average Bonchev–Trinajstić information content (AvgIpc) is 2.61. The second-order valence-corrected chi connectivity index (χ2v) is 6.56. The van der Waals surface area contributed by atoms with Gasteiger partial charge in [-0.25, -0.2) is 4.79 Å². The van der Waals surface area contributed by atoms with Crippen molar-refractivity contribution < 1.29 is 24.2 Å². The molecule has 132 valence electrons. The number of nitrogens with one attached hydrogen (secondary N) is 1. The Hall–Kier alpha value is -2.67. The van der Waals surface area contributed by atoms with E-state index in [0.29, 0.717) is 17.2 Å². The minimum atomic E-state index is -1.00. The van der Waals surface area contributed by atoms with Crippen molar-refractivity contribution in [3.8, 4) is 11.5 Å². The molecule has 1 atom stereocenters. The molecular weight excluding hydrogens is 342 g/mol. The van der Waals surface area contributed by atoms with Crippen molar-refractivity contribution in [1.29, 1.82) is 0 Å². The van der Waals surface area contributed by atoms with Crippen molar-refractivity contribution in [2.75, 3.05) is 19.5 Å². The normalized spacial score (nSPS) is 11.5. The Morgan fingerprint density at radius 1 is 1.04 bits per heavy atom. The molecule has 2 N–H and O–H groups in total. The predicted octanol–water partition coefficient (Wildman–Crippen LogP) is 3.52. The lowest BCUT2D eigenvalue weighted by atomic mass is 10.2. The first-order chi connectivity index (χ1) is 11.9. The lowest BCUT2D eigenvalue weighted by Gasteiger charge is -2.14. The number of hydrogen-bond donors (Lipinski definition) is 2. The van der Waals surface area contributed by atoms with Gasteiger partial charge in [0.2, 0.25) is 5.91 Å². The van der Waals surface area contributed by atoms with Gasteiger partial charge in [-0.3, -0.25) is 4.79 Å². The molecule has 1 amide bonds. The van der Waals surface area contributed by atoms with Crippen LogP contribution in [0.5, 0.6) is 11.5 Å². The number of anilines is 1. The summed E-state index contributed by atoms with van der Waals surface area (Å²) in [5.41, 5.74) is 0.723. The number of methoxy groups -OCH3 is 2. The van der Waals surface area contributed by atoms with E-state index in [2.05, 4.69) is 5.32 Å². The molecule has 2 aromatic rings. The zero-order valence-corrected chi connectivity index (χ0v) is 14.9. The van der Waals surface area contributed by atoms with E-state index in [1.807, 2.05) is 12.1 Å². The summed E-state index contributed by atoms with van der Waals surface area (Å²) in [6.45, 7) is 1.79. The fraction of sp³-hybridized carbons (Fsp3) is 0.222. The summed E-state index contributed by atoms with van der Waals surface area (Å²) in [4.78, 5) is 24.0. The number of carbonyl (C=O) groups excluding carboxylic acids is 1. The first-order valence-electron chi connectivity index (χ1n) is 7.47. The van der Waals surface area contributed by atoms with Crippen LogP contribution in [0.2, 0.25) is 0 Å². The molecule has 0 unspecified atom stereocenters. The van der Waals surface area contributed by atoms with E-state index in [-0.39, 0.29) is 16.7 Å². The fourth-order valence-corrected chi connectivity index (χ4v) is 2.98. The highest BCUT2D eigenvalue weighted by molar-refractivity contribution is 8.00. The number of benzene rings is 2. The van der Waals surface area contributed by atoms with Gasteiger partial charge >= 0.3 is 5.97 Å². The van der Waals surface area contributed by atoms with E-state index < -0.39 is 5.97 Å². The van der Waals surface area contributed by atoms with Crippen LogP contribution in [0, 0.1) is 0 Å². The average molecular weight is 361 g/mol. The third kappa shape index (κ3) is 4.90. The molecule has 7 heteroatoms. The van der Waals surface area contributed by atoms with E-state index in [4.69, 9.17) is 14.6 Å². The summed E-state index contributed by atoms with van der Waals surface area (Å²) < 4.78 is 10.5. The number of carboxylic acids is 1. The van der Waals surface area contributed by atoms with E-state index in [0.717, 1.165) is 4.90 Å². The molecule has 0 spiro atoms. The van der Waals surface area contributed by atoms with Gasteiger partial charge in [-0.15, -0.1) is 11.8 Å². The van der Waals surface area contributed by atoms with Gasteiger partial charge in [0, 0.05) is 10.6 Å². The largest absolute Gasteiger partial charge is 0.493 e. The molecule has 0 radical (unpaired) electrons. The Morgan fingerprint density at radius 3 is 2.24 bits per heavy atom. The monoisotopic (exact) mass is 361 g/mol. The first kappa shape index (κ1) is 18.7. The van der Waals surface area contributed by atoms with Crippen molar-refractivity contribution in [2.45, 2.75) is 17.1 Å². The fourth-order valence-electron chi connectivity index (χ4n) is 2.09. The SMILES string of the molecule is COc1ccc(S[C@H](C)C(=O)Nc2ccc(C(=O)O)cc2)cc1OC. The highest BCUT2D eigenvalue weighted by Crippen LogP contribution is 2.33. The van der Waals surface area contributed by atoms with Gasteiger partial charge in [0.1, 0.15) is 0 Å². The Kier molecular flexibility index (Phi) is 6.30. The number of thioether (sulfide) groups is 1. The maximum atomic E-state index is 12.3. The summed E-state index contributed by atoms with van der Waals surface area (Å²) >= 11 is 1.39. The summed E-state index contributed by atoms with van der Waals surface area (Å²) in [6.07, 6.45) is 0. The van der Waals surface area contributed by atoms with Gasteiger partial charge in [-0.1, -0.05) is 0 Å². The van der Waals surface area contributed by atoms with Crippen LogP contribution < -0.4 is 14.8 Å². The lowest BCUT2D eigenvalue weighted by molar-refractivity contribution is -0.115. The Balaban J connectivity index is 2.01. The van der Waals surface area contributed by atoms with Crippen LogP contribution in [0.3, 0.4) is 0 Å². The third-order valence-corrected chi connectivity index (χ3v) is 4.53. The Labute approximate surface area is 150 Å². The van der Waals surface area contributed by atoms with Crippen LogP contribution >= 0.6 is 11.8 Å². The van der Waals surface area contributed by atoms with Gasteiger partial charge in [-0.05, 0) is 49.4 Å². The second-order valence-electron chi connectivity index (χ2n) is 5.15. The molecular formula is C18H19NO5S. The number of ether oxygens (including phenoxy) is 2. The van der Waals surface area contributed by atoms with Crippen LogP contribution in [0.25, 0.3) is 0 Å². The first-order valence-corrected chi connectivity index (χ1v) is 8.35. The predicted molar refractivity (Wildman–Crippen MR) is 96.9 cm³/mol. The highest BCUT2D eigenvalue weighted by atomic mass is 32.2. The van der Waals surface area contributed by atoms with Crippen molar-refractivity contribution in [2.24, 2.45) is 0 Å². The maximum Gasteiger partial charge on any atom is 0.335 e. The topological polar surface area (TPSA) is 84.9 Å². The standard InChI is InChI=1S/C18H19NO5S/c1-11(25-14-8-9-15(23-2)16(10-14)24-3)17(20)19-13-6-4-12(5-7-13)18(21)22/h4-11H,1-3H3,(H,19,20)(H,21,22)/t11-/m1/s1. The number of hydrogen-bond acceptors (Lipinski definition) is 5. The number of carboxylic acid groups (broad SMARTS) is 1. The van der Waals surface area contributed by atoms with Crippen LogP contribution in [-0.4, -0.2) is 36.5 Å². The molecule has 0 fully saturated rings. The smallest absolute Gasteiger partial charge is 0.335 e. The molecule has 0 bridgehead atoms. The minimum absolute atomic E-state index is 0.172. The number of amides is 1. The number of aromatic carboxylic acids is 1. The molecule has 0 aliphatic heterocycles. The summed E-state index contributed by atoms with van der Waals surface area (Å²) in [5.74, 6) is 0.0463. The van der Waals surface area contributed by atoms with Crippen LogP contribution in [0.15, 0.2) is 47.4 Å². The maximum absolute atomic E-state index is 12.3. The van der Waals surface area contributed by atoms with E-state index in [9.17, 15) is 9.59 Å². The van der Waals surface area contributed by atoms with Crippen molar-refractivity contribution in [3.05, 3.63) is 48.0 Å². The summed E-state index contributed by atoms with van der Waals surface area (Å²) in [7, 11) is 3.12. The molecule has 0 aromatic heterocycles. The molecule has 2 rings (SSSR count). The quantitative estimate of drug-likeness (QED) is 0.734. The molecule has 2 aromatic carbocycles. The number of carbonyl (C=O) groups is 2. The lowest BCUT2D eigenvalue weighted by Crippen LogP contribution is -2.22. The minimum Gasteiger partial charge on any atom is -0.493 e. The van der Waals surface area contributed by atoms with Crippen LogP contribution in [-0.2, 0) is 4.79 Å². The number of rotatable bonds is 7. The Bertz CT molecular complexity index is 761. The molecule has 0 heterocycles. The highest BCUT2D eigenvalue weighted by Gasteiger charge is 2.16. The van der Waals surface area contributed by atoms with Crippen molar-refractivity contribution in [1.82, 2.24) is 0 Å². The molecule has 0 saturated heterocycles. The van der Waals surface area contributed by atoms with Crippen molar-refractivity contribution in [3.63, 3.8) is 0 Å². The van der Waals surface area contributed by atoms with Gasteiger partial charge < -0.3 is 19.9 Å². The third-order valence-electron chi connectivity index (χ3n) is 3.44. The van der Waals surface area contributed by atoms with Crippen LogP contribution in [0.1, 0.15) is 17.3 Å². The molecule has 0 saturated carbocycles. The Morgan fingerprint density at radius 2 is 1.68 bits per heavy atom. The molecule has 0 aliphatic carbocycles. The van der Waals surface area contributed by atoms with Crippen molar-refractivity contribution >= 4 is 29.3 Å². The van der Waals surface area contributed by atoms with Gasteiger partial charge in [0.05, 0.1) is 25.0 Å². The molecule has 0 aliphatic rings. The zero-order valence-electron chi connectivity index (χ0n) is 14.1. The van der Waals surface area contributed by atoms with Gasteiger partial charge in [0.25, 0.3) is 0 Å². The van der Waals surface area contributed by atoms with Gasteiger partial charge in [-0.2, -0.15) is 0 Å². The van der Waals surface area contributed by atoms with E-state index in [1.165, 1.54) is 23.9 Å². The molecule has 6 nitrogen and oxygen atoms in total. The van der Waals surface area contributed by atoms with E-state index >= 15 is 0 Å².